The predicted octanol–water partition coefficient (Wildman–Crippen LogP) is 3.92. The highest BCUT2D eigenvalue weighted by molar-refractivity contribution is 7.99. The minimum atomic E-state index is 0.469. The van der Waals surface area contributed by atoms with Gasteiger partial charge in [0.2, 0.25) is 5.95 Å². The number of rotatable bonds is 6. The zero-order chi connectivity index (χ0) is 21.6. The van der Waals surface area contributed by atoms with Gasteiger partial charge in [-0.15, -0.1) is 0 Å². The molecule has 0 fully saturated rings. The van der Waals surface area contributed by atoms with E-state index in [9.17, 15) is 0 Å². The Morgan fingerprint density at radius 3 is 2.68 bits per heavy atom. The van der Waals surface area contributed by atoms with Gasteiger partial charge < -0.3 is 15.5 Å². The quantitative estimate of drug-likeness (QED) is 0.329. The molecule has 2 aromatic heterocycles. The fourth-order valence-electron chi connectivity index (χ4n) is 3.25. The van der Waals surface area contributed by atoms with Crippen LogP contribution in [-0.2, 0) is 13.0 Å². The average molecular weight is 452 g/mol. The first-order chi connectivity index (χ1) is 15.1. The van der Waals surface area contributed by atoms with Crippen molar-refractivity contribution < 1.29 is 0 Å². The summed E-state index contributed by atoms with van der Waals surface area (Å²) in [6.07, 6.45) is 4.44. The molecule has 1 aliphatic heterocycles. The Balaban J connectivity index is 1.59. The molecule has 2 N–H and O–H groups in total. The van der Waals surface area contributed by atoms with Crippen LogP contribution >= 0.6 is 24.0 Å². The Hall–Kier alpha value is -2.78. The van der Waals surface area contributed by atoms with Crippen LogP contribution in [0.3, 0.4) is 0 Å². The maximum Gasteiger partial charge on any atom is 0.232 e. The second-order valence-electron chi connectivity index (χ2n) is 7.69. The van der Waals surface area contributed by atoms with Gasteiger partial charge in [0.25, 0.3) is 0 Å². The van der Waals surface area contributed by atoms with Gasteiger partial charge in [0.15, 0.2) is 10.3 Å². The fourth-order valence-corrected chi connectivity index (χ4v) is 4.13. The Bertz CT molecular complexity index is 1040. The van der Waals surface area contributed by atoms with Crippen LogP contribution < -0.4 is 15.5 Å². The largest absolute Gasteiger partial charge is 0.362 e. The number of thiocarbonyl (C=S) groups is 1. The Morgan fingerprint density at radius 1 is 1.13 bits per heavy atom. The highest BCUT2D eigenvalue weighted by Crippen LogP contribution is 2.29. The number of fused-ring (bicyclic) bond motifs is 1. The normalized spacial score (nSPS) is 13.1. The molecule has 160 valence electrons. The van der Waals surface area contributed by atoms with Gasteiger partial charge in [-0.3, -0.25) is 0 Å². The second-order valence-corrected chi connectivity index (χ2v) is 9.09. The first kappa shape index (κ1) is 21.5. The van der Waals surface area contributed by atoms with Crippen LogP contribution in [0.5, 0.6) is 0 Å². The van der Waals surface area contributed by atoms with Crippen LogP contribution in [0.15, 0.2) is 59.0 Å². The summed E-state index contributed by atoms with van der Waals surface area (Å²) in [6.45, 7) is 6.77. The molecule has 0 spiro atoms. The number of aromatic nitrogens is 4. The van der Waals surface area contributed by atoms with Crippen LogP contribution in [-0.4, -0.2) is 38.1 Å². The molecule has 1 aromatic carbocycles. The first-order valence-corrected chi connectivity index (χ1v) is 11.5. The molecule has 31 heavy (non-hydrogen) atoms. The summed E-state index contributed by atoms with van der Waals surface area (Å²) in [5.41, 5.74) is 2.73. The molecule has 0 saturated heterocycles. The molecule has 7 nitrogen and oxygen atoms in total. The third-order valence-corrected chi connectivity index (χ3v) is 5.84. The van der Waals surface area contributed by atoms with E-state index in [-0.39, 0.29) is 0 Å². The molecule has 0 atom stereocenters. The molecule has 9 heteroatoms. The van der Waals surface area contributed by atoms with Gasteiger partial charge in [-0.2, -0.15) is 4.98 Å². The fraction of sp³-hybridized carbons (Fsp3) is 0.318. The Kier molecular flexibility index (Phi) is 6.93. The van der Waals surface area contributed by atoms with Gasteiger partial charge >= 0.3 is 0 Å². The predicted molar refractivity (Wildman–Crippen MR) is 128 cm³/mol. The van der Waals surface area contributed by atoms with E-state index in [0.29, 0.717) is 22.1 Å². The smallest absolute Gasteiger partial charge is 0.232 e. The number of anilines is 2. The van der Waals surface area contributed by atoms with Gasteiger partial charge in [0.05, 0.1) is 0 Å². The first-order valence-electron chi connectivity index (χ1n) is 10.3. The summed E-state index contributed by atoms with van der Waals surface area (Å²) >= 11 is 6.84. The molecule has 0 radical (unpaired) electrons. The van der Waals surface area contributed by atoms with E-state index in [1.54, 1.807) is 18.5 Å². The SMILES string of the molecule is CC(C)CNC(=S)Nc1nc(Sc2ncccn2)cc(N2CCc3ccccc3C2)n1. The number of nitrogens with one attached hydrogen (secondary N) is 2. The summed E-state index contributed by atoms with van der Waals surface area (Å²) in [7, 11) is 0. The van der Waals surface area contributed by atoms with Crippen LogP contribution in [0.2, 0.25) is 0 Å². The lowest BCUT2D eigenvalue weighted by molar-refractivity contribution is 0.627. The summed E-state index contributed by atoms with van der Waals surface area (Å²) in [5, 5.41) is 8.27. The van der Waals surface area contributed by atoms with E-state index in [1.807, 2.05) is 6.07 Å². The molecule has 3 heterocycles. The molecule has 0 bridgehead atoms. The summed E-state index contributed by atoms with van der Waals surface area (Å²) in [4.78, 5) is 20.3. The lowest BCUT2D eigenvalue weighted by Crippen LogP contribution is -2.33. The average Bonchev–Trinajstić information content (AvgIpc) is 2.78. The molecule has 0 aliphatic carbocycles. The van der Waals surface area contributed by atoms with Crippen molar-refractivity contribution in [3.8, 4) is 0 Å². The van der Waals surface area contributed by atoms with Crippen molar-refractivity contribution in [1.29, 1.82) is 0 Å². The van der Waals surface area contributed by atoms with Gasteiger partial charge in [-0.1, -0.05) is 38.1 Å². The minimum Gasteiger partial charge on any atom is -0.362 e. The van der Waals surface area contributed by atoms with Crippen molar-refractivity contribution in [2.45, 2.75) is 37.0 Å². The topological polar surface area (TPSA) is 78.9 Å². The monoisotopic (exact) mass is 451 g/mol. The molecule has 0 saturated carbocycles. The van der Waals surface area contributed by atoms with E-state index < -0.39 is 0 Å². The summed E-state index contributed by atoms with van der Waals surface area (Å²) in [6, 6.07) is 12.4. The van der Waals surface area contributed by atoms with E-state index >= 15 is 0 Å². The number of hydrogen-bond donors (Lipinski definition) is 2. The number of hydrogen-bond acceptors (Lipinski definition) is 7. The van der Waals surface area contributed by atoms with Crippen LogP contribution in [0, 0.1) is 5.92 Å². The maximum absolute atomic E-state index is 5.43. The van der Waals surface area contributed by atoms with Crippen molar-refractivity contribution in [2.24, 2.45) is 5.92 Å². The third-order valence-electron chi connectivity index (χ3n) is 4.78. The minimum absolute atomic E-state index is 0.469. The van der Waals surface area contributed by atoms with E-state index in [4.69, 9.17) is 17.2 Å². The highest BCUT2D eigenvalue weighted by atomic mass is 32.2. The molecule has 0 amide bonds. The summed E-state index contributed by atoms with van der Waals surface area (Å²) < 4.78 is 0. The molecular weight excluding hydrogens is 426 g/mol. The van der Waals surface area contributed by atoms with Crippen LogP contribution in [0.1, 0.15) is 25.0 Å². The van der Waals surface area contributed by atoms with Crippen molar-refractivity contribution in [1.82, 2.24) is 25.3 Å². The van der Waals surface area contributed by atoms with E-state index in [0.717, 1.165) is 36.9 Å². The van der Waals surface area contributed by atoms with Gasteiger partial charge in [0, 0.05) is 38.1 Å². The lowest BCUT2D eigenvalue weighted by Gasteiger charge is -2.30. The zero-order valence-corrected chi connectivity index (χ0v) is 19.2. The number of nitrogens with zero attached hydrogens (tertiary/aromatic N) is 5. The van der Waals surface area contributed by atoms with E-state index in [2.05, 4.69) is 68.6 Å². The van der Waals surface area contributed by atoms with Crippen LogP contribution in [0.4, 0.5) is 11.8 Å². The van der Waals surface area contributed by atoms with Crippen molar-refractivity contribution in [3.05, 3.63) is 59.9 Å². The standard InChI is InChI=1S/C22H25N7S2/c1-15(2)13-25-21(30)28-20-26-18(12-19(27-20)31-22-23-9-5-10-24-22)29-11-8-16-6-3-4-7-17(16)14-29/h3-7,9-10,12,15H,8,11,13-14H2,1-2H3,(H2,25,26,27,28,30). The molecular formula is C22H25N7S2. The maximum atomic E-state index is 5.43. The Morgan fingerprint density at radius 2 is 1.90 bits per heavy atom. The van der Waals surface area contributed by atoms with Crippen molar-refractivity contribution in [3.63, 3.8) is 0 Å². The second kappa shape index (κ2) is 10.0. The zero-order valence-electron chi connectivity index (χ0n) is 17.6. The van der Waals surface area contributed by atoms with Crippen LogP contribution in [0.25, 0.3) is 0 Å². The Labute approximate surface area is 192 Å². The van der Waals surface area contributed by atoms with Crippen molar-refractivity contribution in [2.75, 3.05) is 23.3 Å². The third kappa shape index (κ3) is 5.89. The molecule has 0 unspecified atom stereocenters. The molecule has 4 rings (SSSR count). The van der Waals surface area contributed by atoms with Gasteiger partial charge in [-0.05, 0) is 53.5 Å². The summed E-state index contributed by atoms with van der Waals surface area (Å²) in [5.74, 6) is 1.81. The molecule has 3 aromatic rings. The lowest BCUT2D eigenvalue weighted by atomic mass is 10.00. The van der Waals surface area contributed by atoms with E-state index in [1.165, 1.54) is 22.9 Å². The molecule has 1 aliphatic rings. The van der Waals surface area contributed by atoms with Gasteiger partial charge in [-0.25, -0.2) is 15.0 Å². The van der Waals surface area contributed by atoms with Gasteiger partial charge in [0.1, 0.15) is 10.8 Å². The van der Waals surface area contributed by atoms with Crippen molar-refractivity contribution >= 4 is 40.9 Å². The number of benzene rings is 1. The highest BCUT2D eigenvalue weighted by Gasteiger charge is 2.19.